The molecule has 0 amide bonds. The van der Waals surface area contributed by atoms with Gasteiger partial charge in [-0.15, -0.1) is 0 Å². The number of hydrogen-bond acceptors (Lipinski definition) is 2. The SMILES string of the molecule is O=[N+]([O-])C1CCCCC1c1ccccc1. The maximum Gasteiger partial charge on any atom is 0.219 e. The van der Waals surface area contributed by atoms with E-state index in [4.69, 9.17) is 0 Å². The Bertz CT molecular complexity index is 337. The molecule has 1 fully saturated rings. The average molecular weight is 205 g/mol. The molecule has 1 aromatic rings. The van der Waals surface area contributed by atoms with Gasteiger partial charge in [0.15, 0.2) is 0 Å². The lowest BCUT2D eigenvalue weighted by molar-refractivity contribution is -0.530. The van der Waals surface area contributed by atoms with Gasteiger partial charge in [-0.2, -0.15) is 0 Å². The molecule has 0 aromatic heterocycles. The molecule has 0 aliphatic heterocycles. The van der Waals surface area contributed by atoms with Gasteiger partial charge in [0.25, 0.3) is 0 Å². The fourth-order valence-corrected chi connectivity index (χ4v) is 2.45. The average Bonchev–Trinajstić information content (AvgIpc) is 2.30. The van der Waals surface area contributed by atoms with Crippen molar-refractivity contribution in [3.63, 3.8) is 0 Å². The van der Waals surface area contributed by atoms with Crippen molar-refractivity contribution in [1.82, 2.24) is 0 Å². The Labute approximate surface area is 89.3 Å². The van der Waals surface area contributed by atoms with E-state index in [2.05, 4.69) is 0 Å². The van der Waals surface area contributed by atoms with Crippen LogP contribution < -0.4 is 0 Å². The molecule has 0 spiro atoms. The molecule has 2 rings (SSSR count). The Hall–Kier alpha value is -1.38. The molecule has 0 heterocycles. The number of benzene rings is 1. The van der Waals surface area contributed by atoms with Crippen molar-refractivity contribution < 1.29 is 4.92 Å². The second kappa shape index (κ2) is 4.43. The van der Waals surface area contributed by atoms with Gasteiger partial charge in [-0.1, -0.05) is 36.8 Å². The van der Waals surface area contributed by atoms with E-state index in [0.717, 1.165) is 31.2 Å². The third-order valence-electron chi connectivity index (χ3n) is 3.23. The van der Waals surface area contributed by atoms with E-state index in [1.54, 1.807) is 0 Å². The quantitative estimate of drug-likeness (QED) is 0.550. The van der Waals surface area contributed by atoms with Gasteiger partial charge in [0.05, 0.1) is 5.92 Å². The first-order chi connectivity index (χ1) is 7.29. The first kappa shape index (κ1) is 10.1. The van der Waals surface area contributed by atoms with Crippen LogP contribution in [-0.4, -0.2) is 11.0 Å². The Morgan fingerprint density at radius 1 is 1.13 bits per heavy atom. The summed E-state index contributed by atoms with van der Waals surface area (Å²) in [7, 11) is 0. The second-order valence-corrected chi connectivity index (χ2v) is 4.15. The van der Waals surface area contributed by atoms with Crippen molar-refractivity contribution in [3.8, 4) is 0 Å². The van der Waals surface area contributed by atoms with Crippen molar-refractivity contribution in [3.05, 3.63) is 46.0 Å². The Balaban J connectivity index is 2.22. The van der Waals surface area contributed by atoms with Gasteiger partial charge in [0.2, 0.25) is 6.04 Å². The molecule has 80 valence electrons. The summed E-state index contributed by atoms with van der Waals surface area (Å²) in [6.45, 7) is 0. The van der Waals surface area contributed by atoms with Crippen LogP contribution >= 0.6 is 0 Å². The van der Waals surface area contributed by atoms with E-state index in [0.29, 0.717) is 0 Å². The van der Waals surface area contributed by atoms with E-state index in [1.165, 1.54) is 0 Å². The van der Waals surface area contributed by atoms with Crippen molar-refractivity contribution >= 4 is 0 Å². The molecule has 15 heavy (non-hydrogen) atoms. The minimum Gasteiger partial charge on any atom is -0.264 e. The molecule has 2 atom stereocenters. The summed E-state index contributed by atoms with van der Waals surface area (Å²) in [6, 6.07) is 9.51. The summed E-state index contributed by atoms with van der Waals surface area (Å²) < 4.78 is 0. The van der Waals surface area contributed by atoms with E-state index in [1.807, 2.05) is 30.3 Å². The summed E-state index contributed by atoms with van der Waals surface area (Å²) in [6.07, 6.45) is 3.79. The normalized spacial score (nSPS) is 26.1. The van der Waals surface area contributed by atoms with Gasteiger partial charge in [-0.25, -0.2) is 0 Å². The third kappa shape index (κ3) is 2.17. The smallest absolute Gasteiger partial charge is 0.219 e. The lowest BCUT2D eigenvalue weighted by Crippen LogP contribution is -2.30. The highest BCUT2D eigenvalue weighted by Crippen LogP contribution is 2.34. The molecule has 1 aliphatic carbocycles. The number of hydrogen-bond donors (Lipinski definition) is 0. The first-order valence-electron chi connectivity index (χ1n) is 5.47. The molecule has 2 unspecified atom stereocenters. The topological polar surface area (TPSA) is 43.1 Å². The molecule has 0 saturated heterocycles. The minimum absolute atomic E-state index is 0.100. The molecular formula is C12H15NO2. The van der Waals surface area contributed by atoms with Crippen LogP contribution in [0.15, 0.2) is 30.3 Å². The summed E-state index contributed by atoms with van der Waals surface area (Å²) in [5, 5.41) is 10.9. The van der Waals surface area contributed by atoms with Gasteiger partial charge in [-0.3, -0.25) is 10.1 Å². The van der Waals surface area contributed by atoms with Crippen LogP contribution in [0, 0.1) is 10.1 Å². The Morgan fingerprint density at radius 3 is 2.47 bits per heavy atom. The zero-order valence-corrected chi connectivity index (χ0v) is 8.63. The Kier molecular flexibility index (Phi) is 2.99. The van der Waals surface area contributed by atoms with Gasteiger partial charge >= 0.3 is 0 Å². The largest absolute Gasteiger partial charge is 0.264 e. The summed E-state index contributed by atoms with van der Waals surface area (Å²) >= 11 is 0. The van der Waals surface area contributed by atoms with E-state index >= 15 is 0 Å². The zero-order chi connectivity index (χ0) is 10.7. The van der Waals surface area contributed by atoms with Crippen molar-refractivity contribution in [2.24, 2.45) is 0 Å². The van der Waals surface area contributed by atoms with E-state index in [9.17, 15) is 10.1 Å². The van der Waals surface area contributed by atoms with Crippen LogP contribution in [0.1, 0.15) is 37.2 Å². The molecule has 1 aromatic carbocycles. The van der Waals surface area contributed by atoms with Gasteiger partial charge in [-0.05, 0) is 18.4 Å². The third-order valence-corrected chi connectivity index (χ3v) is 3.23. The number of rotatable bonds is 2. The fourth-order valence-electron chi connectivity index (χ4n) is 2.45. The second-order valence-electron chi connectivity index (χ2n) is 4.15. The molecule has 0 radical (unpaired) electrons. The van der Waals surface area contributed by atoms with Crippen LogP contribution in [0.3, 0.4) is 0 Å². The molecule has 0 N–H and O–H groups in total. The van der Waals surface area contributed by atoms with Crippen LogP contribution in [0.5, 0.6) is 0 Å². The van der Waals surface area contributed by atoms with E-state index in [-0.39, 0.29) is 16.9 Å². The Morgan fingerprint density at radius 2 is 1.80 bits per heavy atom. The number of nitro groups is 1. The van der Waals surface area contributed by atoms with Crippen molar-refractivity contribution in [2.75, 3.05) is 0 Å². The zero-order valence-electron chi connectivity index (χ0n) is 8.63. The van der Waals surface area contributed by atoms with Crippen molar-refractivity contribution in [1.29, 1.82) is 0 Å². The lowest BCUT2D eigenvalue weighted by Gasteiger charge is -2.25. The monoisotopic (exact) mass is 205 g/mol. The number of nitrogens with zero attached hydrogens (tertiary/aromatic N) is 1. The lowest BCUT2D eigenvalue weighted by atomic mass is 9.80. The standard InChI is InChI=1S/C12H15NO2/c14-13(15)12-9-5-4-8-11(12)10-6-2-1-3-7-10/h1-3,6-7,11-12H,4-5,8-9H2. The highest BCUT2D eigenvalue weighted by Gasteiger charge is 2.34. The molecule has 1 saturated carbocycles. The van der Waals surface area contributed by atoms with Crippen LogP contribution in [0.4, 0.5) is 0 Å². The highest BCUT2D eigenvalue weighted by molar-refractivity contribution is 5.21. The molecule has 1 aliphatic rings. The van der Waals surface area contributed by atoms with Gasteiger partial charge in [0, 0.05) is 11.3 Å². The van der Waals surface area contributed by atoms with Gasteiger partial charge in [0.1, 0.15) is 0 Å². The first-order valence-corrected chi connectivity index (χ1v) is 5.47. The van der Waals surface area contributed by atoms with Crippen LogP contribution in [0.2, 0.25) is 0 Å². The fraction of sp³-hybridized carbons (Fsp3) is 0.500. The predicted molar refractivity (Wildman–Crippen MR) is 58.4 cm³/mol. The maximum atomic E-state index is 10.9. The summed E-state index contributed by atoms with van der Waals surface area (Å²) in [5.41, 5.74) is 1.12. The maximum absolute atomic E-state index is 10.9. The molecule has 0 bridgehead atoms. The molecular weight excluding hydrogens is 190 g/mol. The van der Waals surface area contributed by atoms with Crippen LogP contribution in [0.25, 0.3) is 0 Å². The van der Waals surface area contributed by atoms with E-state index < -0.39 is 0 Å². The molecule has 3 nitrogen and oxygen atoms in total. The minimum atomic E-state index is -0.374. The van der Waals surface area contributed by atoms with Crippen molar-refractivity contribution in [2.45, 2.75) is 37.6 Å². The van der Waals surface area contributed by atoms with Crippen LogP contribution in [-0.2, 0) is 0 Å². The summed E-state index contributed by atoms with van der Waals surface area (Å²) in [4.78, 5) is 10.8. The highest BCUT2D eigenvalue weighted by atomic mass is 16.6. The predicted octanol–water partition coefficient (Wildman–Crippen LogP) is 2.99. The molecule has 3 heteroatoms. The summed E-state index contributed by atoms with van der Waals surface area (Å²) in [5.74, 6) is 0.120. The van der Waals surface area contributed by atoms with Gasteiger partial charge < -0.3 is 0 Å².